The van der Waals surface area contributed by atoms with Crippen LogP contribution in [0, 0.1) is 0 Å². The van der Waals surface area contributed by atoms with Crippen LogP contribution < -0.4 is 0 Å². The van der Waals surface area contributed by atoms with Crippen LogP contribution in [0.2, 0.25) is 5.02 Å². The summed E-state index contributed by atoms with van der Waals surface area (Å²) < 4.78 is 5.46. The lowest BCUT2D eigenvalue weighted by Crippen LogP contribution is -1.77. The topological polar surface area (TPSA) is 26.0 Å². The molecule has 0 radical (unpaired) electrons. The van der Waals surface area contributed by atoms with Gasteiger partial charge in [-0.05, 0) is 23.6 Å². The minimum atomic E-state index is 0.657. The van der Waals surface area contributed by atoms with E-state index in [0.29, 0.717) is 5.89 Å². The minimum absolute atomic E-state index is 0.657. The van der Waals surface area contributed by atoms with Gasteiger partial charge < -0.3 is 4.42 Å². The summed E-state index contributed by atoms with van der Waals surface area (Å²) in [6, 6.07) is 11.5. The van der Waals surface area contributed by atoms with Gasteiger partial charge in [0.2, 0.25) is 5.89 Å². The summed E-state index contributed by atoms with van der Waals surface area (Å²) in [6.07, 6.45) is 1.66. The molecule has 2 heterocycles. The Hall–Kier alpha value is -1.58. The Labute approximate surface area is 108 Å². The maximum absolute atomic E-state index is 5.84. The fraction of sp³-hybridized carbons (Fsp3) is 0. The molecule has 0 amide bonds. The lowest BCUT2D eigenvalue weighted by Gasteiger charge is -1.94. The van der Waals surface area contributed by atoms with E-state index in [1.807, 2.05) is 41.8 Å². The van der Waals surface area contributed by atoms with Gasteiger partial charge in [-0.3, -0.25) is 0 Å². The zero-order valence-electron chi connectivity index (χ0n) is 8.76. The molecule has 3 aromatic rings. The average Bonchev–Trinajstić information content (AvgIpc) is 3.00. The highest BCUT2D eigenvalue weighted by molar-refractivity contribution is 7.13. The smallest absolute Gasteiger partial charge is 0.236 e. The van der Waals surface area contributed by atoms with Crippen LogP contribution in [0.3, 0.4) is 0 Å². The summed E-state index contributed by atoms with van der Waals surface area (Å²) in [7, 11) is 0. The Balaban J connectivity index is 1.98. The maximum Gasteiger partial charge on any atom is 0.236 e. The summed E-state index contributed by atoms with van der Waals surface area (Å²) >= 11 is 7.45. The Bertz CT molecular complexity index is 613. The Kier molecular flexibility index (Phi) is 2.71. The molecule has 0 saturated heterocycles. The third-order valence-electron chi connectivity index (χ3n) is 2.38. The van der Waals surface area contributed by atoms with E-state index in [0.717, 1.165) is 21.2 Å². The molecular formula is C13H8ClNOS. The van der Waals surface area contributed by atoms with Crippen molar-refractivity contribution in [1.82, 2.24) is 4.98 Å². The second-order valence-corrected chi connectivity index (χ2v) is 4.91. The van der Waals surface area contributed by atoms with Gasteiger partial charge in [0, 0.05) is 10.6 Å². The standard InChI is InChI=1S/C13H8ClNOS/c14-10-5-3-9(4-6-10)11-8-16-13(15-11)12-2-1-7-17-12/h1-8H. The average molecular weight is 262 g/mol. The van der Waals surface area contributed by atoms with Crippen molar-refractivity contribution in [3.63, 3.8) is 0 Å². The summed E-state index contributed by atoms with van der Waals surface area (Å²) in [4.78, 5) is 5.49. The van der Waals surface area contributed by atoms with E-state index in [1.54, 1.807) is 17.6 Å². The molecule has 17 heavy (non-hydrogen) atoms. The molecule has 0 aliphatic heterocycles. The normalized spacial score (nSPS) is 10.6. The van der Waals surface area contributed by atoms with Gasteiger partial charge in [-0.1, -0.05) is 29.8 Å². The van der Waals surface area contributed by atoms with E-state index in [2.05, 4.69) is 4.98 Å². The molecule has 0 atom stereocenters. The number of aromatic nitrogens is 1. The molecule has 0 unspecified atom stereocenters. The number of thiophene rings is 1. The van der Waals surface area contributed by atoms with Crippen LogP contribution in [0.25, 0.3) is 22.0 Å². The first-order valence-corrected chi connectivity index (χ1v) is 6.34. The van der Waals surface area contributed by atoms with E-state index < -0.39 is 0 Å². The molecule has 0 spiro atoms. The predicted octanol–water partition coefficient (Wildman–Crippen LogP) is 4.72. The van der Waals surface area contributed by atoms with E-state index in [4.69, 9.17) is 16.0 Å². The molecule has 2 aromatic heterocycles. The third kappa shape index (κ3) is 2.12. The summed E-state index contributed by atoms with van der Waals surface area (Å²) in [5, 5.41) is 2.72. The summed E-state index contributed by atoms with van der Waals surface area (Å²) in [5.74, 6) is 0.657. The molecule has 0 aliphatic rings. The lowest BCUT2D eigenvalue weighted by atomic mass is 10.2. The summed E-state index contributed by atoms with van der Waals surface area (Å²) in [6.45, 7) is 0. The number of rotatable bonds is 2. The first-order valence-electron chi connectivity index (χ1n) is 5.08. The van der Waals surface area contributed by atoms with Gasteiger partial charge >= 0.3 is 0 Å². The molecule has 4 heteroatoms. The lowest BCUT2D eigenvalue weighted by molar-refractivity contribution is 0.576. The van der Waals surface area contributed by atoms with Crippen molar-refractivity contribution in [2.75, 3.05) is 0 Å². The zero-order valence-corrected chi connectivity index (χ0v) is 10.3. The Morgan fingerprint density at radius 3 is 2.65 bits per heavy atom. The van der Waals surface area contributed by atoms with E-state index in [1.165, 1.54) is 0 Å². The number of nitrogens with zero attached hydrogens (tertiary/aromatic N) is 1. The van der Waals surface area contributed by atoms with Gasteiger partial charge in [0.25, 0.3) is 0 Å². The van der Waals surface area contributed by atoms with Crippen LogP contribution in [0.5, 0.6) is 0 Å². The first kappa shape index (κ1) is 10.6. The van der Waals surface area contributed by atoms with Crippen LogP contribution in [0.1, 0.15) is 0 Å². The highest BCUT2D eigenvalue weighted by atomic mass is 35.5. The monoisotopic (exact) mass is 261 g/mol. The molecule has 1 aromatic carbocycles. The molecular weight excluding hydrogens is 254 g/mol. The van der Waals surface area contributed by atoms with Crippen molar-refractivity contribution in [1.29, 1.82) is 0 Å². The van der Waals surface area contributed by atoms with Crippen molar-refractivity contribution in [3.05, 3.63) is 53.1 Å². The second-order valence-electron chi connectivity index (χ2n) is 3.52. The fourth-order valence-corrected chi connectivity index (χ4v) is 2.32. The molecule has 0 saturated carbocycles. The van der Waals surface area contributed by atoms with E-state index >= 15 is 0 Å². The van der Waals surface area contributed by atoms with Gasteiger partial charge in [0.05, 0.1) is 4.88 Å². The largest absolute Gasteiger partial charge is 0.443 e. The molecule has 2 nitrogen and oxygen atoms in total. The predicted molar refractivity (Wildman–Crippen MR) is 70.3 cm³/mol. The zero-order chi connectivity index (χ0) is 11.7. The molecule has 0 fully saturated rings. The van der Waals surface area contributed by atoms with Crippen molar-refractivity contribution < 1.29 is 4.42 Å². The Morgan fingerprint density at radius 1 is 1.12 bits per heavy atom. The molecule has 0 bridgehead atoms. The number of hydrogen-bond donors (Lipinski definition) is 0. The first-order chi connectivity index (χ1) is 8.33. The number of oxazole rings is 1. The van der Waals surface area contributed by atoms with Crippen molar-refractivity contribution in [2.45, 2.75) is 0 Å². The SMILES string of the molecule is Clc1ccc(-c2coc(-c3cccs3)n2)cc1. The van der Waals surface area contributed by atoms with Crippen LogP contribution >= 0.6 is 22.9 Å². The maximum atomic E-state index is 5.84. The number of benzene rings is 1. The van der Waals surface area contributed by atoms with Gasteiger partial charge in [0.15, 0.2) is 0 Å². The van der Waals surface area contributed by atoms with Gasteiger partial charge in [-0.15, -0.1) is 11.3 Å². The number of halogens is 1. The van der Waals surface area contributed by atoms with Crippen LogP contribution in [0.4, 0.5) is 0 Å². The minimum Gasteiger partial charge on any atom is -0.443 e. The van der Waals surface area contributed by atoms with Gasteiger partial charge in [-0.2, -0.15) is 0 Å². The quantitative estimate of drug-likeness (QED) is 0.667. The fourth-order valence-electron chi connectivity index (χ4n) is 1.54. The van der Waals surface area contributed by atoms with Crippen LogP contribution in [-0.4, -0.2) is 4.98 Å². The second kappa shape index (κ2) is 4.35. The molecule has 0 aliphatic carbocycles. The third-order valence-corrected chi connectivity index (χ3v) is 3.49. The number of hydrogen-bond acceptors (Lipinski definition) is 3. The summed E-state index contributed by atoms with van der Waals surface area (Å²) in [5.41, 5.74) is 1.83. The van der Waals surface area contributed by atoms with E-state index in [9.17, 15) is 0 Å². The van der Waals surface area contributed by atoms with Gasteiger partial charge in [0.1, 0.15) is 12.0 Å². The van der Waals surface area contributed by atoms with Crippen LogP contribution in [0.15, 0.2) is 52.5 Å². The van der Waals surface area contributed by atoms with Crippen molar-refractivity contribution in [2.24, 2.45) is 0 Å². The highest BCUT2D eigenvalue weighted by Gasteiger charge is 2.08. The van der Waals surface area contributed by atoms with Crippen molar-refractivity contribution in [3.8, 4) is 22.0 Å². The molecule has 84 valence electrons. The van der Waals surface area contributed by atoms with E-state index in [-0.39, 0.29) is 0 Å². The molecule has 0 N–H and O–H groups in total. The van der Waals surface area contributed by atoms with Crippen LogP contribution in [-0.2, 0) is 0 Å². The van der Waals surface area contributed by atoms with Gasteiger partial charge in [-0.25, -0.2) is 4.98 Å². The van der Waals surface area contributed by atoms with Crippen molar-refractivity contribution >= 4 is 22.9 Å². The Morgan fingerprint density at radius 2 is 1.94 bits per heavy atom. The molecule has 3 rings (SSSR count). The highest BCUT2D eigenvalue weighted by Crippen LogP contribution is 2.27.